The van der Waals surface area contributed by atoms with Gasteiger partial charge in [0.05, 0.1) is 17.4 Å². The molecule has 134 valence electrons. The van der Waals surface area contributed by atoms with Gasteiger partial charge in [-0.1, -0.05) is 35.0 Å². The molecule has 1 unspecified atom stereocenters. The van der Waals surface area contributed by atoms with E-state index in [1.54, 1.807) is 31.2 Å². The Morgan fingerprint density at radius 2 is 2.16 bits per heavy atom. The predicted octanol–water partition coefficient (Wildman–Crippen LogP) is 2.40. The number of ether oxygens (including phenoxy) is 1. The van der Waals surface area contributed by atoms with Crippen LogP contribution in [0.4, 0.5) is 0 Å². The van der Waals surface area contributed by atoms with Crippen molar-refractivity contribution in [1.29, 1.82) is 0 Å². The third-order valence-corrected chi connectivity index (χ3v) is 5.68. The van der Waals surface area contributed by atoms with Gasteiger partial charge >= 0.3 is 0 Å². The van der Waals surface area contributed by atoms with Crippen LogP contribution in [0.1, 0.15) is 22.5 Å². The highest BCUT2D eigenvalue weighted by molar-refractivity contribution is 7.90. The van der Waals surface area contributed by atoms with E-state index in [0.29, 0.717) is 30.2 Å². The van der Waals surface area contributed by atoms with Crippen molar-refractivity contribution in [2.45, 2.75) is 13.3 Å². The van der Waals surface area contributed by atoms with Crippen LogP contribution in [0.2, 0.25) is 5.02 Å². The molecule has 25 heavy (non-hydrogen) atoms. The van der Waals surface area contributed by atoms with Crippen LogP contribution in [0, 0.1) is 12.8 Å². The summed E-state index contributed by atoms with van der Waals surface area (Å²) in [6.07, 6.45) is 0.659. The third kappa shape index (κ3) is 4.02. The minimum Gasteiger partial charge on any atom is -0.381 e. The Balaban J connectivity index is 1.85. The van der Waals surface area contributed by atoms with Crippen LogP contribution in [0.3, 0.4) is 0 Å². The van der Waals surface area contributed by atoms with Crippen LogP contribution in [0.25, 0.3) is 11.3 Å². The molecule has 1 saturated heterocycles. The smallest absolute Gasteiger partial charge is 0.270 e. The number of hydrogen-bond acceptors (Lipinski definition) is 6. The molecule has 1 fully saturated rings. The first kappa shape index (κ1) is 17.9. The van der Waals surface area contributed by atoms with E-state index in [4.69, 9.17) is 20.9 Å². The summed E-state index contributed by atoms with van der Waals surface area (Å²) in [4.78, 5) is 12.6. The first-order valence-corrected chi connectivity index (χ1v) is 9.74. The zero-order chi connectivity index (χ0) is 18.0. The van der Waals surface area contributed by atoms with E-state index in [0.717, 1.165) is 0 Å². The number of halogens is 1. The van der Waals surface area contributed by atoms with Gasteiger partial charge in [0.2, 0.25) is 10.0 Å². The van der Waals surface area contributed by atoms with E-state index in [2.05, 4.69) is 9.88 Å². The molecule has 0 spiro atoms. The van der Waals surface area contributed by atoms with Crippen molar-refractivity contribution in [2.75, 3.05) is 19.0 Å². The molecule has 1 amide bonds. The number of carbonyl (C=O) groups is 1. The number of amides is 1. The molecule has 0 bridgehead atoms. The Morgan fingerprint density at radius 1 is 1.40 bits per heavy atom. The molecule has 9 heteroatoms. The summed E-state index contributed by atoms with van der Waals surface area (Å²) in [6, 6.07) is 6.82. The highest BCUT2D eigenvalue weighted by atomic mass is 35.5. The molecule has 1 atom stereocenters. The summed E-state index contributed by atoms with van der Waals surface area (Å²) >= 11 is 6.15. The number of benzene rings is 1. The van der Waals surface area contributed by atoms with Crippen molar-refractivity contribution in [3.8, 4) is 11.3 Å². The lowest BCUT2D eigenvalue weighted by atomic mass is 10.1. The molecule has 1 aliphatic rings. The highest BCUT2D eigenvalue weighted by Gasteiger charge is 2.29. The summed E-state index contributed by atoms with van der Waals surface area (Å²) < 4.78 is 36.9. The number of sulfonamides is 1. The monoisotopic (exact) mass is 384 g/mol. The molecule has 1 N–H and O–H groups in total. The van der Waals surface area contributed by atoms with Gasteiger partial charge in [-0.05, 0) is 19.4 Å². The number of aromatic nitrogens is 1. The topological polar surface area (TPSA) is 98.5 Å². The maximum atomic E-state index is 12.6. The molecular weight excluding hydrogens is 368 g/mol. The van der Waals surface area contributed by atoms with Gasteiger partial charge in [-0.15, -0.1) is 0 Å². The predicted molar refractivity (Wildman–Crippen MR) is 91.9 cm³/mol. The Kier molecular flexibility index (Phi) is 5.12. The first-order chi connectivity index (χ1) is 11.9. The molecule has 1 aliphatic heterocycles. The SMILES string of the molecule is Cc1onc(-c2ccccc2Cl)c1C(=O)NS(=O)(=O)CC1CCOC1. The molecule has 7 nitrogen and oxygen atoms in total. The Morgan fingerprint density at radius 3 is 2.84 bits per heavy atom. The molecule has 0 aliphatic carbocycles. The second kappa shape index (κ2) is 7.15. The lowest BCUT2D eigenvalue weighted by molar-refractivity contribution is 0.0980. The Labute approximate surface area is 150 Å². The second-order valence-electron chi connectivity index (χ2n) is 5.88. The van der Waals surface area contributed by atoms with Crippen LogP contribution in [0.15, 0.2) is 28.8 Å². The van der Waals surface area contributed by atoms with Crippen molar-refractivity contribution in [3.05, 3.63) is 40.6 Å². The van der Waals surface area contributed by atoms with E-state index in [1.807, 2.05) is 0 Å². The van der Waals surface area contributed by atoms with Crippen molar-refractivity contribution in [3.63, 3.8) is 0 Å². The van der Waals surface area contributed by atoms with E-state index in [-0.39, 0.29) is 28.7 Å². The summed E-state index contributed by atoms with van der Waals surface area (Å²) in [5.74, 6) is -0.846. The largest absolute Gasteiger partial charge is 0.381 e. The number of carbonyl (C=O) groups excluding carboxylic acids is 1. The average molecular weight is 385 g/mol. The van der Waals surface area contributed by atoms with Gasteiger partial charge in [0.25, 0.3) is 5.91 Å². The molecular formula is C16H17ClN2O5S. The zero-order valence-corrected chi connectivity index (χ0v) is 15.1. The molecule has 2 heterocycles. The van der Waals surface area contributed by atoms with Gasteiger partial charge in [0.1, 0.15) is 17.0 Å². The fraction of sp³-hybridized carbons (Fsp3) is 0.375. The van der Waals surface area contributed by atoms with E-state index in [1.165, 1.54) is 0 Å². The van der Waals surface area contributed by atoms with Gasteiger partial charge in [-0.25, -0.2) is 13.1 Å². The molecule has 1 aromatic carbocycles. The van der Waals surface area contributed by atoms with Crippen molar-refractivity contribution in [2.24, 2.45) is 5.92 Å². The van der Waals surface area contributed by atoms with Crippen LogP contribution in [0.5, 0.6) is 0 Å². The number of nitrogens with one attached hydrogen (secondary N) is 1. The third-order valence-electron chi connectivity index (χ3n) is 3.95. The molecule has 3 rings (SSSR count). The van der Waals surface area contributed by atoms with Gasteiger partial charge < -0.3 is 9.26 Å². The van der Waals surface area contributed by atoms with E-state index < -0.39 is 15.9 Å². The Hall–Kier alpha value is -1.90. The van der Waals surface area contributed by atoms with E-state index in [9.17, 15) is 13.2 Å². The normalized spacial score (nSPS) is 17.6. The van der Waals surface area contributed by atoms with Crippen LogP contribution < -0.4 is 4.72 Å². The van der Waals surface area contributed by atoms with Crippen LogP contribution in [-0.4, -0.2) is 38.4 Å². The minimum absolute atomic E-state index is 0.0550. The minimum atomic E-state index is -3.80. The highest BCUT2D eigenvalue weighted by Crippen LogP contribution is 2.31. The summed E-state index contributed by atoms with van der Waals surface area (Å²) in [5, 5.41) is 4.25. The molecule has 1 aromatic heterocycles. The average Bonchev–Trinajstić information content (AvgIpc) is 3.16. The van der Waals surface area contributed by atoms with Crippen molar-refractivity contribution >= 4 is 27.5 Å². The molecule has 2 aromatic rings. The first-order valence-electron chi connectivity index (χ1n) is 7.71. The number of aryl methyl sites for hydroxylation is 1. The fourth-order valence-electron chi connectivity index (χ4n) is 2.74. The van der Waals surface area contributed by atoms with Gasteiger partial charge in [-0.2, -0.15) is 0 Å². The van der Waals surface area contributed by atoms with E-state index >= 15 is 0 Å². The quantitative estimate of drug-likeness (QED) is 0.849. The number of nitrogens with zero attached hydrogens (tertiary/aromatic N) is 1. The van der Waals surface area contributed by atoms with Crippen molar-refractivity contribution in [1.82, 2.24) is 9.88 Å². The van der Waals surface area contributed by atoms with Gasteiger partial charge in [0, 0.05) is 18.1 Å². The molecule has 0 radical (unpaired) electrons. The van der Waals surface area contributed by atoms with Gasteiger partial charge in [-0.3, -0.25) is 4.79 Å². The fourth-order valence-corrected chi connectivity index (χ4v) is 4.31. The summed E-state index contributed by atoms with van der Waals surface area (Å²) in [6.45, 7) is 2.46. The lowest BCUT2D eigenvalue weighted by Gasteiger charge is -2.10. The maximum absolute atomic E-state index is 12.6. The zero-order valence-electron chi connectivity index (χ0n) is 13.5. The number of hydrogen-bond donors (Lipinski definition) is 1. The van der Waals surface area contributed by atoms with Crippen molar-refractivity contribution < 1.29 is 22.5 Å². The summed E-state index contributed by atoms with van der Waals surface area (Å²) in [5.41, 5.74) is 0.757. The van der Waals surface area contributed by atoms with Gasteiger partial charge in [0.15, 0.2) is 0 Å². The maximum Gasteiger partial charge on any atom is 0.270 e. The molecule has 0 saturated carbocycles. The summed E-state index contributed by atoms with van der Waals surface area (Å²) in [7, 11) is -3.80. The Bertz CT molecular complexity index is 888. The lowest BCUT2D eigenvalue weighted by Crippen LogP contribution is -2.35. The second-order valence-corrected chi connectivity index (χ2v) is 8.06. The van der Waals surface area contributed by atoms with Crippen LogP contribution in [-0.2, 0) is 14.8 Å². The van der Waals surface area contributed by atoms with Crippen LogP contribution >= 0.6 is 11.6 Å². The standard InChI is InChI=1S/C16H17ClN2O5S/c1-10-14(15(18-24-10)12-4-2-3-5-13(12)17)16(20)19-25(21,22)9-11-6-7-23-8-11/h2-5,11H,6-9H2,1H3,(H,19,20). The number of rotatable bonds is 5.